The second-order valence-electron chi connectivity index (χ2n) is 5.57. The maximum atomic E-state index is 12.4. The van der Waals surface area contributed by atoms with E-state index in [1.54, 1.807) is 0 Å². The molecule has 0 unspecified atom stereocenters. The molecule has 116 valence electrons. The van der Waals surface area contributed by atoms with Gasteiger partial charge in [0.1, 0.15) is 11.0 Å². The van der Waals surface area contributed by atoms with Crippen LogP contribution in [-0.4, -0.2) is 10.9 Å². The highest BCUT2D eigenvalue weighted by molar-refractivity contribution is 6.03. The van der Waals surface area contributed by atoms with E-state index < -0.39 is 0 Å². The molecule has 3 aromatic carbocycles. The third-order valence-corrected chi connectivity index (χ3v) is 3.94. The monoisotopic (exact) mass is 314 g/mol. The first-order chi connectivity index (χ1) is 11.8. The number of imidazole rings is 1. The van der Waals surface area contributed by atoms with E-state index in [1.165, 1.54) is 0 Å². The minimum absolute atomic E-state index is 0.155. The summed E-state index contributed by atoms with van der Waals surface area (Å²) in [5.41, 5.74) is 4.74. The molecule has 24 heavy (non-hydrogen) atoms. The van der Waals surface area contributed by atoms with Gasteiger partial charge in [-0.2, -0.15) is 0 Å². The quantitative estimate of drug-likeness (QED) is 0.592. The molecule has 0 fully saturated rings. The van der Waals surface area contributed by atoms with Gasteiger partial charge in [-0.15, -0.1) is 0 Å². The number of benzene rings is 3. The third kappa shape index (κ3) is 2.77. The summed E-state index contributed by atoms with van der Waals surface area (Å²) in [4.78, 5) is 18.7. The van der Waals surface area contributed by atoms with E-state index in [0.717, 1.165) is 22.2 Å². The Kier molecular flexibility index (Phi) is 3.56. The molecule has 0 radical (unpaired) electrons. The first kappa shape index (κ1) is 14.2. The van der Waals surface area contributed by atoms with Gasteiger partial charge in [0.15, 0.2) is 0 Å². The number of carbonyl (C=O) groups excluding carboxylic acids is 1. The molecule has 4 heteroatoms. The van der Waals surface area contributed by atoms with Crippen LogP contribution in [0.3, 0.4) is 0 Å². The Balaban J connectivity index is 1.54. The molecule has 1 aromatic heterocycles. The average molecular weight is 314 g/mol. The third-order valence-electron chi connectivity index (χ3n) is 3.94. The molecule has 0 saturated heterocycles. The highest BCUT2D eigenvalue weighted by atomic mass is 16.1. The van der Waals surface area contributed by atoms with E-state index in [1.807, 2.05) is 66.7 Å². The topological polar surface area (TPSA) is 59.0 Å². The van der Waals surface area contributed by atoms with Crippen molar-refractivity contribution in [3.8, 4) is 11.1 Å². The summed E-state index contributed by atoms with van der Waals surface area (Å²) < 4.78 is 0. The largest absolute Gasteiger partial charge is 0.361 e. The predicted octanol–water partition coefficient (Wildman–Crippen LogP) is 3.90. The lowest BCUT2D eigenvalue weighted by atomic mass is 10.0. The molecule has 0 aliphatic rings. The van der Waals surface area contributed by atoms with E-state index in [2.05, 4.69) is 27.4 Å². The molecule has 4 nitrogen and oxygen atoms in total. The Bertz CT molecular complexity index is 955. The van der Waals surface area contributed by atoms with Crippen molar-refractivity contribution in [2.75, 3.05) is 5.32 Å². The van der Waals surface area contributed by atoms with Crippen LogP contribution < -0.4 is 10.3 Å². The van der Waals surface area contributed by atoms with Crippen molar-refractivity contribution in [3.63, 3.8) is 0 Å². The van der Waals surface area contributed by atoms with E-state index in [0.29, 0.717) is 11.5 Å². The van der Waals surface area contributed by atoms with Crippen LogP contribution >= 0.6 is 0 Å². The summed E-state index contributed by atoms with van der Waals surface area (Å²) in [6.07, 6.45) is 0. The lowest BCUT2D eigenvalue weighted by molar-refractivity contribution is -0.326. The summed E-state index contributed by atoms with van der Waals surface area (Å²) in [6.45, 7) is 0. The Hall–Kier alpha value is -3.40. The van der Waals surface area contributed by atoms with Gasteiger partial charge in [-0.05, 0) is 35.4 Å². The fraction of sp³-hybridized carbons (Fsp3) is 0. The second-order valence-corrected chi connectivity index (χ2v) is 5.57. The SMILES string of the molecule is O=C(Nc1[nH]c2ccccc2[nH+]1)c1ccc(-c2ccccc2)cc1. The van der Waals surface area contributed by atoms with E-state index in [-0.39, 0.29) is 5.91 Å². The van der Waals surface area contributed by atoms with Crippen LogP contribution in [0, 0.1) is 0 Å². The number of H-pyrrole nitrogens is 2. The van der Waals surface area contributed by atoms with Crippen molar-refractivity contribution in [1.29, 1.82) is 0 Å². The summed E-state index contributed by atoms with van der Waals surface area (Å²) in [6, 6.07) is 25.5. The minimum atomic E-state index is -0.155. The van der Waals surface area contributed by atoms with E-state index in [9.17, 15) is 4.79 Å². The standard InChI is InChI=1S/C20H15N3O/c24-19(23-20-21-17-8-4-5-9-18(17)22-20)16-12-10-15(11-13-16)14-6-2-1-3-7-14/h1-13H,(H2,21,22,23,24)/p+1. The van der Waals surface area contributed by atoms with Crippen LogP contribution in [0.4, 0.5) is 5.95 Å². The lowest BCUT2D eigenvalue weighted by Crippen LogP contribution is -2.18. The van der Waals surface area contributed by atoms with Crippen LogP contribution in [0.15, 0.2) is 78.9 Å². The Morgan fingerprint density at radius 2 is 1.46 bits per heavy atom. The number of anilines is 1. The Morgan fingerprint density at radius 3 is 2.21 bits per heavy atom. The van der Waals surface area contributed by atoms with Crippen LogP contribution in [0.5, 0.6) is 0 Å². The van der Waals surface area contributed by atoms with Crippen LogP contribution in [0.25, 0.3) is 22.2 Å². The van der Waals surface area contributed by atoms with Crippen molar-refractivity contribution in [2.45, 2.75) is 0 Å². The van der Waals surface area contributed by atoms with Gasteiger partial charge < -0.3 is 0 Å². The number of hydrogen-bond acceptors (Lipinski definition) is 1. The fourth-order valence-electron chi connectivity index (χ4n) is 2.69. The zero-order chi connectivity index (χ0) is 16.4. The Morgan fingerprint density at radius 1 is 0.792 bits per heavy atom. The highest BCUT2D eigenvalue weighted by Crippen LogP contribution is 2.19. The number of aromatic amines is 2. The van der Waals surface area contributed by atoms with Gasteiger partial charge >= 0.3 is 11.9 Å². The zero-order valence-corrected chi connectivity index (χ0v) is 12.9. The number of rotatable bonds is 3. The first-order valence-corrected chi connectivity index (χ1v) is 7.76. The highest BCUT2D eigenvalue weighted by Gasteiger charge is 2.14. The molecule has 4 aromatic rings. The van der Waals surface area contributed by atoms with Gasteiger partial charge in [0.05, 0.1) is 5.56 Å². The molecule has 4 rings (SSSR count). The lowest BCUT2D eigenvalue weighted by Gasteiger charge is -2.02. The molecule has 0 saturated carbocycles. The summed E-state index contributed by atoms with van der Waals surface area (Å²) in [5.74, 6) is 0.422. The second kappa shape index (κ2) is 6.01. The molecular formula is C20H16N3O+. The predicted molar refractivity (Wildman–Crippen MR) is 94.7 cm³/mol. The number of hydrogen-bond donors (Lipinski definition) is 2. The van der Waals surface area contributed by atoms with Crippen LogP contribution in [-0.2, 0) is 0 Å². The molecule has 1 heterocycles. The number of aromatic nitrogens is 2. The van der Waals surface area contributed by atoms with Gasteiger partial charge in [-0.25, -0.2) is 15.3 Å². The number of nitrogens with one attached hydrogen (secondary N) is 3. The number of carbonyl (C=O) groups is 1. The van der Waals surface area contributed by atoms with Crippen molar-refractivity contribution >= 4 is 22.9 Å². The van der Waals surface area contributed by atoms with Crippen molar-refractivity contribution in [3.05, 3.63) is 84.4 Å². The minimum Gasteiger partial charge on any atom is -0.250 e. The molecule has 1 amide bonds. The molecule has 0 aliphatic heterocycles. The molecule has 3 N–H and O–H groups in total. The van der Waals surface area contributed by atoms with Crippen molar-refractivity contribution < 1.29 is 9.78 Å². The van der Waals surface area contributed by atoms with E-state index in [4.69, 9.17) is 0 Å². The van der Waals surface area contributed by atoms with Gasteiger partial charge in [0.25, 0.3) is 0 Å². The van der Waals surface area contributed by atoms with E-state index >= 15 is 0 Å². The molecular weight excluding hydrogens is 298 g/mol. The van der Waals surface area contributed by atoms with Gasteiger partial charge in [-0.1, -0.05) is 54.6 Å². The average Bonchev–Trinajstić information content (AvgIpc) is 3.05. The van der Waals surface area contributed by atoms with Crippen molar-refractivity contribution in [2.24, 2.45) is 0 Å². The number of fused-ring (bicyclic) bond motifs is 1. The zero-order valence-electron chi connectivity index (χ0n) is 12.9. The molecule has 0 spiro atoms. The van der Waals surface area contributed by atoms with Crippen molar-refractivity contribution in [1.82, 2.24) is 4.98 Å². The maximum Gasteiger partial charge on any atom is 0.361 e. The van der Waals surface area contributed by atoms with Crippen LogP contribution in [0.2, 0.25) is 0 Å². The number of amides is 1. The molecule has 0 atom stereocenters. The summed E-state index contributed by atoms with van der Waals surface area (Å²) in [7, 11) is 0. The van der Waals surface area contributed by atoms with Crippen LogP contribution in [0.1, 0.15) is 10.4 Å². The summed E-state index contributed by atoms with van der Waals surface area (Å²) >= 11 is 0. The first-order valence-electron chi connectivity index (χ1n) is 7.76. The number of para-hydroxylation sites is 2. The molecule has 0 bridgehead atoms. The molecule has 0 aliphatic carbocycles. The maximum absolute atomic E-state index is 12.4. The normalized spacial score (nSPS) is 10.7. The van der Waals surface area contributed by atoms with Gasteiger partial charge in [0.2, 0.25) is 0 Å². The van der Waals surface area contributed by atoms with Gasteiger partial charge in [0, 0.05) is 0 Å². The summed E-state index contributed by atoms with van der Waals surface area (Å²) in [5, 5.41) is 2.86. The smallest absolute Gasteiger partial charge is 0.250 e. The fourth-order valence-corrected chi connectivity index (χ4v) is 2.69. The Labute approximate surface area is 139 Å². The van der Waals surface area contributed by atoms with Gasteiger partial charge in [-0.3, -0.25) is 4.79 Å².